The lowest BCUT2D eigenvalue weighted by Gasteiger charge is -2.09. The molecule has 0 aliphatic rings. The van der Waals surface area contributed by atoms with Gasteiger partial charge in [0.25, 0.3) is 0 Å². The number of benzene rings is 2. The van der Waals surface area contributed by atoms with E-state index in [0.29, 0.717) is 22.4 Å². The number of anilines is 3. The van der Waals surface area contributed by atoms with Gasteiger partial charge in [0, 0.05) is 22.7 Å². The molecule has 2 aromatic heterocycles. The number of nitrogens with one attached hydrogen (secondary N) is 2. The highest BCUT2D eigenvalue weighted by Gasteiger charge is 2.13. The van der Waals surface area contributed by atoms with Gasteiger partial charge in [-0.05, 0) is 18.2 Å². The topological polar surface area (TPSA) is 79.6 Å². The fourth-order valence-electron chi connectivity index (χ4n) is 2.61. The van der Waals surface area contributed by atoms with Crippen molar-refractivity contribution in [2.45, 2.75) is 0 Å². The van der Waals surface area contributed by atoms with Crippen molar-refractivity contribution in [3.8, 4) is 11.3 Å². The van der Waals surface area contributed by atoms with Gasteiger partial charge in [-0.2, -0.15) is 0 Å². The zero-order valence-corrected chi connectivity index (χ0v) is 13.4. The maximum atomic E-state index is 6.33. The lowest BCUT2D eigenvalue weighted by atomic mass is 10.1. The van der Waals surface area contributed by atoms with E-state index in [1.807, 2.05) is 54.7 Å². The fraction of sp³-hybridized carbons (Fsp3) is 0. The van der Waals surface area contributed by atoms with Crippen LogP contribution in [-0.4, -0.2) is 15.0 Å². The highest BCUT2D eigenvalue weighted by atomic mass is 35.5. The molecule has 0 amide bonds. The summed E-state index contributed by atoms with van der Waals surface area (Å²) in [4.78, 5) is 12.0. The zero-order chi connectivity index (χ0) is 16.5. The van der Waals surface area contributed by atoms with E-state index in [-0.39, 0.29) is 0 Å². The van der Waals surface area contributed by atoms with Crippen molar-refractivity contribution < 1.29 is 0 Å². The van der Waals surface area contributed by atoms with Crippen molar-refractivity contribution in [1.82, 2.24) is 15.0 Å². The second-order valence-corrected chi connectivity index (χ2v) is 5.76. The number of fused-ring (bicyclic) bond motifs is 1. The van der Waals surface area contributed by atoms with Crippen molar-refractivity contribution in [2.75, 3.05) is 11.1 Å². The SMILES string of the molecule is Nc1ccccc1Nc1ncc(Cl)c(-c2c[nH]c3ccccc23)n1. The zero-order valence-electron chi connectivity index (χ0n) is 12.6. The largest absolute Gasteiger partial charge is 0.397 e. The van der Waals surface area contributed by atoms with Crippen molar-refractivity contribution >= 4 is 39.8 Å². The third kappa shape index (κ3) is 2.55. The number of para-hydroxylation sites is 3. The molecule has 6 heteroatoms. The van der Waals surface area contributed by atoms with Gasteiger partial charge in [0.05, 0.1) is 28.3 Å². The van der Waals surface area contributed by atoms with Crippen molar-refractivity contribution in [3.05, 3.63) is 65.9 Å². The molecule has 0 unspecified atom stereocenters. The molecule has 0 aliphatic carbocycles. The molecule has 5 nitrogen and oxygen atoms in total. The van der Waals surface area contributed by atoms with E-state index in [1.165, 1.54) is 0 Å². The van der Waals surface area contributed by atoms with Crippen LogP contribution in [0.2, 0.25) is 5.02 Å². The number of halogens is 1. The number of nitrogens with zero attached hydrogens (tertiary/aromatic N) is 2. The number of hydrogen-bond donors (Lipinski definition) is 3. The minimum absolute atomic E-state index is 0.442. The van der Waals surface area contributed by atoms with E-state index in [1.54, 1.807) is 6.20 Å². The fourth-order valence-corrected chi connectivity index (χ4v) is 2.81. The second-order valence-electron chi connectivity index (χ2n) is 5.35. The van der Waals surface area contributed by atoms with Crippen LogP contribution in [0.5, 0.6) is 0 Å². The molecule has 4 rings (SSSR count). The molecule has 0 radical (unpaired) electrons. The summed E-state index contributed by atoms with van der Waals surface area (Å²) in [6, 6.07) is 15.5. The van der Waals surface area contributed by atoms with Gasteiger partial charge < -0.3 is 16.0 Å². The third-order valence-electron chi connectivity index (χ3n) is 3.80. The quantitative estimate of drug-likeness (QED) is 0.478. The first kappa shape index (κ1) is 14.5. The van der Waals surface area contributed by atoms with Crippen molar-refractivity contribution in [2.24, 2.45) is 0 Å². The Labute approximate surface area is 143 Å². The van der Waals surface area contributed by atoms with Crippen LogP contribution < -0.4 is 11.1 Å². The van der Waals surface area contributed by atoms with E-state index in [0.717, 1.165) is 22.2 Å². The van der Waals surface area contributed by atoms with Gasteiger partial charge in [-0.3, -0.25) is 0 Å². The number of nitrogens with two attached hydrogens (primary N) is 1. The van der Waals surface area contributed by atoms with Gasteiger partial charge in [0.15, 0.2) is 0 Å². The number of nitrogen functional groups attached to an aromatic ring is 1. The standard InChI is InChI=1S/C18H14ClN5/c19-13-10-22-18(23-16-8-4-2-6-14(16)20)24-17(13)12-9-21-15-7-3-1-5-11(12)15/h1-10,21H,20H2,(H,22,23,24). The number of rotatable bonds is 3. The highest BCUT2D eigenvalue weighted by molar-refractivity contribution is 6.33. The third-order valence-corrected chi connectivity index (χ3v) is 4.07. The van der Waals surface area contributed by atoms with E-state index in [4.69, 9.17) is 17.3 Å². The summed E-state index contributed by atoms with van der Waals surface area (Å²) < 4.78 is 0. The lowest BCUT2D eigenvalue weighted by molar-refractivity contribution is 1.17. The molecule has 2 aromatic carbocycles. The molecular weight excluding hydrogens is 322 g/mol. The van der Waals surface area contributed by atoms with Crippen LogP contribution in [0.4, 0.5) is 17.3 Å². The summed E-state index contributed by atoms with van der Waals surface area (Å²) in [5, 5.41) is 4.68. The minimum Gasteiger partial charge on any atom is -0.397 e. The summed E-state index contributed by atoms with van der Waals surface area (Å²) in [5.74, 6) is 0.442. The Kier molecular flexibility index (Phi) is 3.55. The van der Waals surface area contributed by atoms with Crippen molar-refractivity contribution in [1.29, 1.82) is 0 Å². The molecule has 0 atom stereocenters. The molecule has 0 bridgehead atoms. The van der Waals surface area contributed by atoms with Crippen LogP contribution in [0.25, 0.3) is 22.2 Å². The molecule has 4 aromatic rings. The minimum atomic E-state index is 0.442. The van der Waals surface area contributed by atoms with Gasteiger partial charge in [0.1, 0.15) is 0 Å². The Balaban J connectivity index is 1.78. The summed E-state index contributed by atoms with van der Waals surface area (Å²) in [5.41, 5.74) is 9.97. The lowest BCUT2D eigenvalue weighted by Crippen LogP contribution is -2.01. The monoisotopic (exact) mass is 335 g/mol. The van der Waals surface area contributed by atoms with Gasteiger partial charge in [-0.1, -0.05) is 41.9 Å². The Bertz CT molecular complexity index is 1020. The van der Waals surface area contributed by atoms with Gasteiger partial charge >= 0.3 is 0 Å². The maximum Gasteiger partial charge on any atom is 0.227 e. The van der Waals surface area contributed by atoms with Crippen LogP contribution in [0.1, 0.15) is 0 Å². The molecule has 0 spiro atoms. The smallest absolute Gasteiger partial charge is 0.227 e. The van der Waals surface area contributed by atoms with E-state index >= 15 is 0 Å². The summed E-state index contributed by atoms with van der Waals surface area (Å²) in [6.07, 6.45) is 3.49. The summed E-state index contributed by atoms with van der Waals surface area (Å²) in [7, 11) is 0. The predicted molar refractivity (Wildman–Crippen MR) is 98.5 cm³/mol. The predicted octanol–water partition coefficient (Wildman–Crippen LogP) is 4.60. The molecule has 0 aliphatic heterocycles. The first-order valence-electron chi connectivity index (χ1n) is 7.43. The van der Waals surface area contributed by atoms with Gasteiger partial charge in [0.2, 0.25) is 5.95 Å². The van der Waals surface area contributed by atoms with Crippen LogP contribution in [0, 0.1) is 0 Å². The Morgan fingerprint density at radius 3 is 2.71 bits per heavy atom. The molecule has 4 N–H and O–H groups in total. The molecular formula is C18H14ClN5. The number of aromatic nitrogens is 3. The molecule has 24 heavy (non-hydrogen) atoms. The average molecular weight is 336 g/mol. The number of aromatic amines is 1. The van der Waals surface area contributed by atoms with Crippen LogP contribution >= 0.6 is 11.6 Å². The highest BCUT2D eigenvalue weighted by Crippen LogP contribution is 2.32. The molecule has 0 fully saturated rings. The Hall–Kier alpha value is -3.05. The van der Waals surface area contributed by atoms with Crippen LogP contribution in [0.15, 0.2) is 60.9 Å². The summed E-state index contributed by atoms with van der Waals surface area (Å²) in [6.45, 7) is 0. The summed E-state index contributed by atoms with van der Waals surface area (Å²) >= 11 is 6.33. The van der Waals surface area contributed by atoms with E-state index < -0.39 is 0 Å². The number of H-pyrrole nitrogens is 1. The molecule has 2 heterocycles. The molecule has 118 valence electrons. The Morgan fingerprint density at radius 2 is 1.83 bits per heavy atom. The number of hydrogen-bond acceptors (Lipinski definition) is 4. The van der Waals surface area contributed by atoms with Gasteiger partial charge in [-0.25, -0.2) is 9.97 Å². The van der Waals surface area contributed by atoms with Crippen LogP contribution in [-0.2, 0) is 0 Å². The van der Waals surface area contributed by atoms with E-state index in [9.17, 15) is 0 Å². The first-order chi connectivity index (χ1) is 11.7. The second kappa shape index (κ2) is 5.86. The molecule has 0 saturated heterocycles. The first-order valence-corrected chi connectivity index (χ1v) is 7.81. The van der Waals surface area contributed by atoms with Crippen molar-refractivity contribution in [3.63, 3.8) is 0 Å². The van der Waals surface area contributed by atoms with Gasteiger partial charge in [-0.15, -0.1) is 0 Å². The van der Waals surface area contributed by atoms with Crippen LogP contribution in [0.3, 0.4) is 0 Å². The molecule has 0 saturated carbocycles. The average Bonchev–Trinajstić information content (AvgIpc) is 3.02. The van der Waals surface area contributed by atoms with E-state index in [2.05, 4.69) is 20.3 Å². The normalized spacial score (nSPS) is 10.9. The Morgan fingerprint density at radius 1 is 1.04 bits per heavy atom. The maximum absolute atomic E-state index is 6.33.